The molecule has 5 nitrogen and oxygen atoms in total. The zero-order valence-electron chi connectivity index (χ0n) is 17.2. The molecule has 1 amide bonds. The first-order chi connectivity index (χ1) is 13.5. The standard InChI is InChI=1S/C23H30N2O3/c1-24(2)20(26)14-25-19-13-17(23(27)28-3)11-12-18(19)21(22(25)16-9-10-16)15-7-5-4-6-8-15/h11-13,15-16H,4-10,14H2,1-3H3. The molecule has 4 rings (SSSR count). The molecule has 0 aliphatic heterocycles. The summed E-state index contributed by atoms with van der Waals surface area (Å²) in [6.45, 7) is 0.326. The van der Waals surface area contributed by atoms with E-state index in [0.29, 0.717) is 23.9 Å². The number of hydrogen-bond donors (Lipinski definition) is 0. The van der Waals surface area contributed by atoms with Crippen LogP contribution < -0.4 is 0 Å². The van der Waals surface area contributed by atoms with Gasteiger partial charge in [-0.1, -0.05) is 25.3 Å². The van der Waals surface area contributed by atoms with Gasteiger partial charge in [0, 0.05) is 30.7 Å². The van der Waals surface area contributed by atoms with Crippen molar-refractivity contribution in [3.63, 3.8) is 0 Å². The van der Waals surface area contributed by atoms with E-state index in [2.05, 4.69) is 10.6 Å². The number of aromatic nitrogens is 1. The summed E-state index contributed by atoms with van der Waals surface area (Å²) in [6.07, 6.45) is 8.70. The van der Waals surface area contributed by atoms with Crippen molar-refractivity contribution in [3.05, 3.63) is 35.0 Å². The lowest BCUT2D eigenvalue weighted by Crippen LogP contribution is -2.27. The van der Waals surface area contributed by atoms with Gasteiger partial charge in [-0.15, -0.1) is 0 Å². The molecule has 2 saturated carbocycles. The second kappa shape index (κ2) is 7.61. The number of hydrogen-bond acceptors (Lipinski definition) is 3. The number of esters is 1. The number of rotatable bonds is 5. The Morgan fingerprint density at radius 2 is 1.79 bits per heavy atom. The fourth-order valence-electron chi connectivity index (χ4n) is 4.71. The summed E-state index contributed by atoms with van der Waals surface area (Å²) >= 11 is 0. The van der Waals surface area contributed by atoms with Gasteiger partial charge in [0.2, 0.25) is 5.91 Å². The van der Waals surface area contributed by atoms with Crippen LogP contribution in [-0.4, -0.2) is 42.5 Å². The van der Waals surface area contributed by atoms with Crippen LogP contribution in [-0.2, 0) is 16.1 Å². The summed E-state index contributed by atoms with van der Waals surface area (Å²) in [5.41, 5.74) is 4.34. The summed E-state index contributed by atoms with van der Waals surface area (Å²) in [5.74, 6) is 0.852. The van der Waals surface area contributed by atoms with E-state index in [1.54, 1.807) is 19.0 Å². The fourth-order valence-corrected chi connectivity index (χ4v) is 4.71. The van der Waals surface area contributed by atoms with Gasteiger partial charge in [-0.2, -0.15) is 0 Å². The Morgan fingerprint density at radius 1 is 1.07 bits per heavy atom. The molecular formula is C23H30N2O3. The molecule has 150 valence electrons. The Hall–Kier alpha value is -2.30. The molecule has 0 unspecified atom stereocenters. The first-order valence-corrected chi connectivity index (χ1v) is 10.5. The predicted octanol–water partition coefficient (Wildman–Crippen LogP) is 4.44. The molecule has 1 heterocycles. The summed E-state index contributed by atoms with van der Waals surface area (Å²) in [4.78, 5) is 26.4. The Morgan fingerprint density at radius 3 is 2.39 bits per heavy atom. The van der Waals surface area contributed by atoms with Crippen molar-refractivity contribution in [1.29, 1.82) is 0 Å². The van der Waals surface area contributed by atoms with Crippen LogP contribution >= 0.6 is 0 Å². The fraction of sp³-hybridized carbons (Fsp3) is 0.565. The number of nitrogens with zero attached hydrogens (tertiary/aromatic N) is 2. The molecule has 0 saturated heterocycles. The molecular weight excluding hydrogens is 352 g/mol. The first-order valence-electron chi connectivity index (χ1n) is 10.5. The number of amides is 1. The van der Waals surface area contributed by atoms with E-state index in [9.17, 15) is 9.59 Å². The van der Waals surface area contributed by atoms with Gasteiger partial charge in [0.15, 0.2) is 0 Å². The van der Waals surface area contributed by atoms with E-state index in [1.807, 2.05) is 12.1 Å². The molecule has 0 atom stereocenters. The second-order valence-corrected chi connectivity index (χ2v) is 8.51. The van der Waals surface area contributed by atoms with Gasteiger partial charge in [-0.3, -0.25) is 4.79 Å². The van der Waals surface area contributed by atoms with E-state index in [-0.39, 0.29) is 11.9 Å². The normalized spacial score (nSPS) is 17.7. The van der Waals surface area contributed by atoms with Gasteiger partial charge in [-0.25, -0.2) is 4.79 Å². The second-order valence-electron chi connectivity index (χ2n) is 8.51. The average molecular weight is 383 g/mol. The molecule has 1 aromatic heterocycles. The Balaban J connectivity index is 1.91. The van der Waals surface area contributed by atoms with E-state index in [1.165, 1.54) is 68.7 Å². The van der Waals surface area contributed by atoms with Gasteiger partial charge < -0.3 is 14.2 Å². The molecule has 0 radical (unpaired) electrons. The molecule has 5 heteroatoms. The minimum Gasteiger partial charge on any atom is -0.465 e. The van der Waals surface area contributed by atoms with Crippen molar-refractivity contribution in [1.82, 2.24) is 9.47 Å². The van der Waals surface area contributed by atoms with Crippen LogP contribution in [0.2, 0.25) is 0 Å². The van der Waals surface area contributed by atoms with E-state index < -0.39 is 0 Å². The zero-order valence-corrected chi connectivity index (χ0v) is 17.2. The third-order valence-corrected chi connectivity index (χ3v) is 6.34. The Kier molecular flexibility index (Phi) is 5.17. The van der Waals surface area contributed by atoms with E-state index >= 15 is 0 Å². The van der Waals surface area contributed by atoms with Gasteiger partial charge in [0.25, 0.3) is 0 Å². The number of carbonyl (C=O) groups is 2. The topological polar surface area (TPSA) is 51.5 Å². The Bertz CT molecular complexity index is 902. The number of fused-ring (bicyclic) bond motifs is 1. The van der Waals surface area contributed by atoms with Crippen LogP contribution in [0.3, 0.4) is 0 Å². The lowest BCUT2D eigenvalue weighted by atomic mass is 9.82. The van der Waals surface area contributed by atoms with Gasteiger partial charge in [0.1, 0.15) is 6.54 Å². The Labute approximate surface area is 166 Å². The molecule has 0 N–H and O–H groups in total. The van der Waals surface area contributed by atoms with Crippen LogP contribution in [0.15, 0.2) is 18.2 Å². The van der Waals surface area contributed by atoms with Gasteiger partial charge in [0.05, 0.1) is 12.7 Å². The molecule has 1 aromatic carbocycles. The summed E-state index contributed by atoms with van der Waals surface area (Å²) in [5, 5.41) is 1.22. The molecule has 2 fully saturated rings. The highest BCUT2D eigenvalue weighted by Crippen LogP contribution is 2.49. The summed E-state index contributed by atoms with van der Waals surface area (Å²) in [6, 6.07) is 5.87. The highest BCUT2D eigenvalue weighted by Gasteiger charge is 2.35. The average Bonchev–Trinajstić information content (AvgIpc) is 3.50. The zero-order chi connectivity index (χ0) is 19.8. The highest BCUT2D eigenvalue weighted by molar-refractivity contribution is 5.97. The van der Waals surface area contributed by atoms with Crippen molar-refractivity contribution in [2.75, 3.05) is 21.2 Å². The van der Waals surface area contributed by atoms with Crippen molar-refractivity contribution in [2.45, 2.75) is 63.3 Å². The van der Waals surface area contributed by atoms with Gasteiger partial charge >= 0.3 is 5.97 Å². The maximum atomic E-state index is 12.6. The van der Waals surface area contributed by atoms with Crippen molar-refractivity contribution < 1.29 is 14.3 Å². The smallest absolute Gasteiger partial charge is 0.337 e. The quantitative estimate of drug-likeness (QED) is 0.718. The number of carbonyl (C=O) groups excluding carboxylic acids is 2. The maximum Gasteiger partial charge on any atom is 0.337 e. The summed E-state index contributed by atoms with van der Waals surface area (Å²) < 4.78 is 7.13. The van der Waals surface area contributed by atoms with Crippen molar-refractivity contribution in [2.24, 2.45) is 0 Å². The van der Waals surface area contributed by atoms with E-state index in [0.717, 1.165) is 5.52 Å². The maximum absolute atomic E-state index is 12.6. The number of benzene rings is 1. The lowest BCUT2D eigenvalue weighted by molar-refractivity contribution is -0.129. The molecule has 2 aliphatic carbocycles. The molecule has 0 bridgehead atoms. The van der Waals surface area contributed by atoms with Crippen LogP contribution in [0.25, 0.3) is 10.9 Å². The number of methoxy groups -OCH3 is 1. The van der Waals surface area contributed by atoms with Gasteiger partial charge in [-0.05, 0) is 55.2 Å². The van der Waals surface area contributed by atoms with Crippen LogP contribution in [0.5, 0.6) is 0 Å². The minimum atomic E-state index is -0.333. The monoisotopic (exact) mass is 382 g/mol. The highest BCUT2D eigenvalue weighted by atomic mass is 16.5. The van der Waals surface area contributed by atoms with E-state index in [4.69, 9.17) is 4.74 Å². The van der Waals surface area contributed by atoms with Crippen LogP contribution in [0.4, 0.5) is 0 Å². The predicted molar refractivity (Wildman–Crippen MR) is 110 cm³/mol. The largest absolute Gasteiger partial charge is 0.465 e. The summed E-state index contributed by atoms with van der Waals surface area (Å²) in [7, 11) is 5.00. The van der Waals surface area contributed by atoms with Crippen molar-refractivity contribution >= 4 is 22.8 Å². The van der Waals surface area contributed by atoms with Crippen LogP contribution in [0, 0.1) is 0 Å². The molecule has 0 spiro atoms. The first kappa shape index (κ1) is 19.0. The third-order valence-electron chi connectivity index (χ3n) is 6.34. The molecule has 2 aromatic rings. The van der Waals surface area contributed by atoms with Crippen molar-refractivity contribution in [3.8, 4) is 0 Å². The SMILES string of the molecule is COC(=O)c1ccc2c(C3CCCCC3)c(C3CC3)n(CC(=O)N(C)C)c2c1. The van der Waals surface area contributed by atoms with Crippen LogP contribution in [0.1, 0.15) is 78.4 Å². The molecule has 2 aliphatic rings. The minimum absolute atomic E-state index is 0.0810. The lowest BCUT2D eigenvalue weighted by Gasteiger charge is -2.23. The number of ether oxygens (including phenoxy) is 1. The third kappa shape index (κ3) is 3.43. The number of likely N-dealkylation sites (N-methyl/N-ethyl adjacent to an activating group) is 1. The molecule has 28 heavy (non-hydrogen) atoms.